The van der Waals surface area contributed by atoms with Gasteiger partial charge in [0.1, 0.15) is 0 Å². The number of hydrogen-bond donors (Lipinski definition) is 1. The van der Waals surface area contributed by atoms with Gasteiger partial charge < -0.3 is 9.88 Å². The molecule has 0 radical (unpaired) electrons. The number of carbonyl (C=O) groups is 1. The molecule has 3 aromatic rings. The third kappa shape index (κ3) is 3.42. The van der Waals surface area contributed by atoms with Crippen molar-refractivity contribution in [3.8, 4) is 0 Å². The van der Waals surface area contributed by atoms with Crippen LogP contribution >= 0.6 is 11.6 Å². The number of amides is 1. The monoisotopic (exact) mass is 380 g/mol. The Kier molecular flexibility index (Phi) is 4.71. The molecule has 0 saturated carbocycles. The normalized spacial score (nSPS) is 11.8. The second kappa shape index (κ2) is 6.68. The van der Waals surface area contributed by atoms with Gasteiger partial charge in [-0.05, 0) is 36.8 Å². The summed E-state index contributed by atoms with van der Waals surface area (Å²) < 4.78 is 40.8. The molecule has 3 rings (SSSR count). The van der Waals surface area contributed by atoms with Crippen molar-refractivity contribution in [3.05, 3.63) is 64.3 Å². The second-order valence-electron chi connectivity index (χ2n) is 6.06. The summed E-state index contributed by atoms with van der Waals surface area (Å²) in [6.45, 7) is 1.91. The Balaban J connectivity index is 1.86. The highest BCUT2D eigenvalue weighted by Gasteiger charge is 2.33. The molecule has 0 aliphatic heterocycles. The summed E-state index contributed by atoms with van der Waals surface area (Å²) in [6, 6.07) is 11.0. The quantitative estimate of drug-likeness (QED) is 0.653. The lowest BCUT2D eigenvalue weighted by Gasteiger charge is -2.12. The van der Waals surface area contributed by atoms with Gasteiger partial charge in [-0.2, -0.15) is 13.2 Å². The summed E-state index contributed by atoms with van der Waals surface area (Å²) in [5, 5.41) is 3.08. The number of nitrogens with one attached hydrogen (secondary N) is 1. The van der Waals surface area contributed by atoms with Crippen LogP contribution in [0.25, 0.3) is 10.9 Å². The SMILES string of the molecule is Cc1c(CC(=O)Nc2ccc(Cl)c(C(F)(F)F)c2)c2ccccc2n1C. The predicted molar refractivity (Wildman–Crippen MR) is 96.4 cm³/mol. The lowest BCUT2D eigenvalue weighted by molar-refractivity contribution is -0.137. The van der Waals surface area contributed by atoms with E-state index in [2.05, 4.69) is 5.32 Å². The van der Waals surface area contributed by atoms with Crippen LogP contribution in [-0.2, 0) is 24.4 Å². The Hall–Kier alpha value is -2.47. The van der Waals surface area contributed by atoms with E-state index in [9.17, 15) is 18.0 Å². The minimum atomic E-state index is -4.58. The average Bonchev–Trinajstić information content (AvgIpc) is 2.81. The largest absolute Gasteiger partial charge is 0.417 e. The first-order valence-corrected chi connectivity index (χ1v) is 8.25. The average molecular weight is 381 g/mol. The first-order valence-electron chi connectivity index (χ1n) is 7.88. The first-order chi connectivity index (χ1) is 12.2. The maximum absolute atomic E-state index is 12.9. The molecule has 136 valence electrons. The molecule has 1 aromatic heterocycles. The number of aryl methyl sites for hydroxylation is 1. The summed E-state index contributed by atoms with van der Waals surface area (Å²) in [4.78, 5) is 12.4. The highest BCUT2D eigenvalue weighted by atomic mass is 35.5. The van der Waals surface area contributed by atoms with Crippen molar-refractivity contribution in [2.24, 2.45) is 7.05 Å². The maximum Gasteiger partial charge on any atom is 0.417 e. The first kappa shape index (κ1) is 18.3. The molecule has 0 bridgehead atoms. The van der Waals surface area contributed by atoms with Crippen LogP contribution in [0.4, 0.5) is 18.9 Å². The van der Waals surface area contributed by atoms with E-state index in [0.29, 0.717) is 0 Å². The van der Waals surface area contributed by atoms with Crippen LogP contribution in [0.15, 0.2) is 42.5 Å². The molecule has 1 N–H and O–H groups in total. The van der Waals surface area contributed by atoms with E-state index in [-0.39, 0.29) is 18.0 Å². The fourth-order valence-electron chi connectivity index (χ4n) is 3.01. The van der Waals surface area contributed by atoms with Crippen molar-refractivity contribution in [1.82, 2.24) is 4.57 Å². The molecule has 0 atom stereocenters. The number of halogens is 4. The molecule has 0 aliphatic rings. The van der Waals surface area contributed by atoms with Gasteiger partial charge in [0.25, 0.3) is 0 Å². The molecule has 1 amide bonds. The van der Waals surface area contributed by atoms with Gasteiger partial charge in [0.2, 0.25) is 5.91 Å². The van der Waals surface area contributed by atoms with Gasteiger partial charge in [0.05, 0.1) is 17.0 Å². The fraction of sp³-hybridized carbons (Fsp3) is 0.211. The van der Waals surface area contributed by atoms with Crippen molar-refractivity contribution in [2.45, 2.75) is 19.5 Å². The van der Waals surface area contributed by atoms with E-state index >= 15 is 0 Å². The zero-order chi connectivity index (χ0) is 19.1. The summed E-state index contributed by atoms with van der Waals surface area (Å²) >= 11 is 5.60. The van der Waals surface area contributed by atoms with E-state index in [1.165, 1.54) is 6.07 Å². The lowest BCUT2D eigenvalue weighted by atomic mass is 10.1. The molecule has 0 aliphatic carbocycles. The van der Waals surface area contributed by atoms with Crippen LogP contribution in [-0.4, -0.2) is 10.5 Å². The van der Waals surface area contributed by atoms with E-state index in [0.717, 1.165) is 34.3 Å². The number of hydrogen-bond acceptors (Lipinski definition) is 1. The topological polar surface area (TPSA) is 34.0 Å². The highest BCUT2D eigenvalue weighted by molar-refractivity contribution is 6.31. The van der Waals surface area contributed by atoms with Crippen LogP contribution in [0.5, 0.6) is 0 Å². The van der Waals surface area contributed by atoms with E-state index in [1.54, 1.807) is 0 Å². The van der Waals surface area contributed by atoms with E-state index in [1.807, 2.05) is 42.8 Å². The Bertz CT molecular complexity index is 992. The number of benzene rings is 2. The molecule has 0 saturated heterocycles. The number of carbonyl (C=O) groups excluding carboxylic acids is 1. The molecule has 26 heavy (non-hydrogen) atoms. The Morgan fingerprint density at radius 3 is 2.58 bits per heavy atom. The molecule has 2 aromatic carbocycles. The van der Waals surface area contributed by atoms with Crippen LogP contribution in [0.3, 0.4) is 0 Å². The number of para-hydroxylation sites is 1. The van der Waals surface area contributed by atoms with Crippen molar-refractivity contribution in [3.63, 3.8) is 0 Å². The van der Waals surface area contributed by atoms with Gasteiger partial charge in [0, 0.05) is 29.3 Å². The van der Waals surface area contributed by atoms with Gasteiger partial charge in [0.15, 0.2) is 0 Å². The number of anilines is 1. The number of rotatable bonds is 3. The van der Waals surface area contributed by atoms with Gasteiger partial charge in [-0.3, -0.25) is 4.79 Å². The zero-order valence-corrected chi connectivity index (χ0v) is 14.9. The number of fused-ring (bicyclic) bond motifs is 1. The minimum Gasteiger partial charge on any atom is -0.348 e. The van der Waals surface area contributed by atoms with Crippen LogP contribution < -0.4 is 5.32 Å². The van der Waals surface area contributed by atoms with Crippen LogP contribution in [0, 0.1) is 6.92 Å². The standard InChI is InChI=1S/C19H16ClF3N2O/c1-11-14(13-5-3-4-6-17(13)25(11)2)10-18(26)24-12-7-8-16(20)15(9-12)19(21,22)23/h3-9H,10H2,1-2H3,(H,24,26). The van der Waals surface area contributed by atoms with Crippen LogP contribution in [0.1, 0.15) is 16.8 Å². The van der Waals surface area contributed by atoms with Gasteiger partial charge >= 0.3 is 6.18 Å². The summed E-state index contributed by atoms with van der Waals surface area (Å²) in [7, 11) is 1.91. The molecule has 1 heterocycles. The molecular weight excluding hydrogens is 365 g/mol. The summed E-state index contributed by atoms with van der Waals surface area (Å²) in [5.74, 6) is -0.389. The van der Waals surface area contributed by atoms with Gasteiger partial charge in [-0.25, -0.2) is 0 Å². The molecule has 0 spiro atoms. The minimum absolute atomic E-state index is 0.0598. The summed E-state index contributed by atoms with van der Waals surface area (Å²) in [5.41, 5.74) is 1.88. The van der Waals surface area contributed by atoms with Crippen molar-refractivity contribution in [2.75, 3.05) is 5.32 Å². The number of aromatic nitrogens is 1. The molecule has 7 heteroatoms. The molecule has 0 unspecified atom stereocenters. The second-order valence-corrected chi connectivity index (χ2v) is 6.46. The smallest absolute Gasteiger partial charge is 0.348 e. The lowest BCUT2D eigenvalue weighted by Crippen LogP contribution is -2.16. The third-order valence-electron chi connectivity index (χ3n) is 4.42. The van der Waals surface area contributed by atoms with Gasteiger partial charge in [-0.1, -0.05) is 29.8 Å². The Morgan fingerprint density at radius 2 is 1.88 bits per heavy atom. The summed E-state index contributed by atoms with van der Waals surface area (Å²) in [6.07, 6.45) is -4.51. The Labute approximate surface area is 153 Å². The third-order valence-corrected chi connectivity index (χ3v) is 4.75. The zero-order valence-electron chi connectivity index (χ0n) is 14.1. The molecular formula is C19H16ClF3N2O. The number of alkyl halides is 3. The molecule has 3 nitrogen and oxygen atoms in total. The maximum atomic E-state index is 12.9. The molecule has 0 fully saturated rings. The van der Waals surface area contributed by atoms with Crippen molar-refractivity contribution in [1.29, 1.82) is 0 Å². The van der Waals surface area contributed by atoms with Gasteiger partial charge in [-0.15, -0.1) is 0 Å². The van der Waals surface area contributed by atoms with E-state index < -0.39 is 16.8 Å². The highest BCUT2D eigenvalue weighted by Crippen LogP contribution is 2.36. The van der Waals surface area contributed by atoms with Crippen LogP contribution in [0.2, 0.25) is 5.02 Å². The predicted octanol–water partition coefficient (Wildman–Crippen LogP) is 5.34. The van der Waals surface area contributed by atoms with Crippen molar-refractivity contribution >= 4 is 34.1 Å². The fourth-order valence-corrected chi connectivity index (χ4v) is 3.23. The van der Waals surface area contributed by atoms with Crippen molar-refractivity contribution < 1.29 is 18.0 Å². The number of nitrogens with zero attached hydrogens (tertiary/aromatic N) is 1. The Morgan fingerprint density at radius 1 is 1.19 bits per heavy atom. The van der Waals surface area contributed by atoms with E-state index in [4.69, 9.17) is 11.6 Å².